The predicted molar refractivity (Wildman–Crippen MR) is 106 cm³/mol. The Hall–Kier alpha value is -2.59. The molecule has 0 aliphatic carbocycles. The topological polar surface area (TPSA) is 117 Å². The third-order valence-corrected chi connectivity index (χ3v) is 5.25. The van der Waals surface area contributed by atoms with E-state index in [0.29, 0.717) is 0 Å². The van der Waals surface area contributed by atoms with Gasteiger partial charge in [-0.3, -0.25) is 19.2 Å². The molecule has 0 aromatic heterocycles. The van der Waals surface area contributed by atoms with Gasteiger partial charge in [0.15, 0.2) is 12.2 Å². The molecule has 1 amide bonds. The van der Waals surface area contributed by atoms with Gasteiger partial charge in [-0.2, -0.15) is 0 Å². The summed E-state index contributed by atoms with van der Waals surface area (Å²) in [6.45, 7) is 4.76. The molecule has 0 bridgehead atoms. The molecule has 0 saturated carbocycles. The van der Waals surface area contributed by atoms with Crippen molar-refractivity contribution in [2.75, 3.05) is 6.61 Å². The number of nitrogens with one attached hydrogen (secondary N) is 1. The van der Waals surface area contributed by atoms with Crippen LogP contribution in [0.5, 0.6) is 0 Å². The molecule has 164 valence electrons. The van der Waals surface area contributed by atoms with Crippen LogP contribution in [0.4, 0.5) is 0 Å². The van der Waals surface area contributed by atoms with Gasteiger partial charge >= 0.3 is 17.9 Å². The molecule has 0 radical (unpaired) electrons. The Morgan fingerprint density at radius 1 is 0.933 bits per heavy atom. The zero-order chi connectivity index (χ0) is 22.3. The van der Waals surface area contributed by atoms with Gasteiger partial charge in [-0.15, -0.1) is 0 Å². The fourth-order valence-electron chi connectivity index (χ4n) is 3.02. The van der Waals surface area contributed by atoms with E-state index in [2.05, 4.69) is 5.32 Å². The van der Waals surface area contributed by atoms with Gasteiger partial charge in [0.1, 0.15) is 24.2 Å². The predicted octanol–water partition coefficient (Wildman–Crippen LogP) is 1.43. The van der Waals surface area contributed by atoms with Gasteiger partial charge in [-0.1, -0.05) is 30.0 Å². The van der Waals surface area contributed by atoms with E-state index >= 15 is 0 Å². The van der Waals surface area contributed by atoms with Crippen LogP contribution < -0.4 is 5.32 Å². The summed E-state index contributed by atoms with van der Waals surface area (Å²) in [6, 6.07) is 8.45. The zero-order valence-electron chi connectivity index (χ0n) is 17.2. The molecular formula is C20H25NO8S. The molecule has 1 saturated heterocycles. The molecule has 1 aromatic rings. The maximum atomic E-state index is 11.9. The van der Waals surface area contributed by atoms with Crippen molar-refractivity contribution in [2.24, 2.45) is 0 Å². The van der Waals surface area contributed by atoms with Crippen molar-refractivity contribution in [3.8, 4) is 0 Å². The fraction of sp³-hybridized carbons (Fsp3) is 0.500. The van der Waals surface area contributed by atoms with E-state index in [1.165, 1.54) is 39.5 Å². The van der Waals surface area contributed by atoms with Gasteiger partial charge in [0, 0.05) is 32.6 Å². The zero-order valence-corrected chi connectivity index (χ0v) is 18.0. The highest BCUT2D eigenvalue weighted by atomic mass is 32.2. The van der Waals surface area contributed by atoms with Crippen LogP contribution in [0.15, 0.2) is 35.2 Å². The maximum absolute atomic E-state index is 11.9. The van der Waals surface area contributed by atoms with Gasteiger partial charge in [-0.05, 0) is 12.1 Å². The second-order valence-corrected chi connectivity index (χ2v) is 7.82. The summed E-state index contributed by atoms with van der Waals surface area (Å²) < 4.78 is 22.0. The highest BCUT2D eigenvalue weighted by Crippen LogP contribution is 2.36. The van der Waals surface area contributed by atoms with Gasteiger partial charge in [-0.25, -0.2) is 0 Å². The van der Waals surface area contributed by atoms with Gasteiger partial charge < -0.3 is 24.3 Å². The number of rotatable bonds is 7. The minimum atomic E-state index is -1.09. The van der Waals surface area contributed by atoms with Crippen LogP contribution in [0.1, 0.15) is 27.7 Å². The SMILES string of the molecule is CC(=O)N[C@H]1[C@@H](OC(C)=O)[C@@H](OC(C)=O)[C@@H](COC(C)=O)O[C@H]1Sc1ccccc1. The molecule has 0 unspecified atom stereocenters. The van der Waals surface area contributed by atoms with Crippen LogP contribution in [0.25, 0.3) is 0 Å². The summed E-state index contributed by atoms with van der Waals surface area (Å²) in [7, 11) is 0. The number of hydrogen-bond donors (Lipinski definition) is 1. The van der Waals surface area contributed by atoms with Gasteiger partial charge in [0.25, 0.3) is 0 Å². The summed E-state index contributed by atoms with van der Waals surface area (Å²) in [6.07, 6.45) is -3.05. The minimum absolute atomic E-state index is 0.219. The molecule has 1 heterocycles. The summed E-state index contributed by atoms with van der Waals surface area (Å²) in [5.41, 5.74) is -0.715. The smallest absolute Gasteiger partial charge is 0.303 e. The Kier molecular flexibility index (Phi) is 8.67. The number of amides is 1. The third kappa shape index (κ3) is 7.03. The standard InChI is InChI=1S/C20H25NO8S/c1-11(22)21-17-19(28-14(4)25)18(27-13(3)24)16(10-26-12(2)23)29-20(17)30-15-8-6-5-7-9-15/h5-9,16-20H,10H2,1-4H3,(H,21,22)/t16-,17+,18+,19-,20+/m1/s1. The maximum Gasteiger partial charge on any atom is 0.303 e. The number of ether oxygens (including phenoxy) is 4. The molecular weight excluding hydrogens is 414 g/mol. The first-order valence-electron chi connectivity index (χ1n) is 9.29. The molecule has 30 heavy (non-hydrogen) atoms. The first-order valence-corrected chi connectivity index (χ1v) is 10.2. The van der Waals surface area contributed by atoms with Gasteiger partial charge in [0.05, 0.1) is 0 Å². The van der Waals surface area contributed by atoms with Crippen molar-refractivity contribution < 1.29 is 38.1 Å². The molecule has 1 fully saturated rings. The van der Waals surface area contributed by atoms with Crippen molar-refractivity contribution >= 4 is 35.6 Å². The van der Waals surface area contributed by atoms with Crippen LogP contribution in [-0.4, -0.2) is 60.2 Å². The Bertz CT molecular complexity index is 771. The van der Waals surface area contributed by atoms with Gasteiger partial charge in [0.2, 0.25) is 5.91 Å². The molecule has 9 nitrogen and oxygen atoms in total. The first kappa shape index (κ1) is 23.7. The van der Waals surface area contributed by atoms with E-state index in [4.69, 9.17) is 18.9 Å². The lowest BCUT2D eigenvalue weighted by atomic mass is 9.97. The Morgan fingerprint density at radius 2 is 1.53 bits per heavy atom. The number of benzene rings is 1. The fourth-order valence-corrected chi connectivity index (χ4v) is 4.17. The number of esters is 3. The van der Waals surface area contributed by atoms with Crippen molar-refractivity contribution in [2.45, 2.75) is 62.4 Å². The van der Waals surface area contributed by atoms with Crippen molar-refractivity contribution in [3.63, 3.8) is 0 Å². The summed E-state index contributed by atoms with van der Waals surface area (Å²) >= 11 is 1.30. The quantitative estimate of drug-likeness (QED) is 0.497. The molecule has 1 N–H and O–H groups in total. The number of carbonyl (C=O) groups is 4. The average molecular weight is 439 g/mol. The van der Waals surface area contributed by atoms with E-state index < -0.39 is 47.7 Å². The number of carbonyl (C=O) groups excluding carboxylic acids is 4. The second-order valence-electron chi connectivity index (χ2n) is 6.65. The highest BCUT2D eigenvalue weighted by molar-refractivity contribution is 7.99. The van der Waals surface area contributed by atoms with E-state index in [1.807, 2.05) is 30.3 Å². The highest BCUT2D eigenvalue weighted by Gasteiger charge is 2.51. The lowest BCUT2D eigenvalue weighted by Gasteiger charge is -2.45. The molecule has 1 aliphatic heterocycles. The Labute approximate surface area is 178 Å². The summed E-state index contributed by atoms with van der Waals surface area (Å²) in [5.74, 6) is -2.17. The molecule has 2 rings (SSSR count). The number of thioether (sulfide) groups is 1. The van der Waals surface area contributed by atoms with Crippen LogP contribution in [-0.2, 0) is 38.1 Å². The largest absolute Gasteiger partial charge is 0.463 e. The van der Waals surface area contributed by atoms with Crippen molar-refractivity contribution in [1.82, 2.24) is 5.32 Å². The second kappa shape index (κ2) is 11.0. The molecule has 10 heteroatoms. The summed E-state index contributed by atoms with van der Waals surface area (Å²) in [4.78, 5) is 47.6. The van der Waals surface area contributed by atoms with Crippen LogP contribution >= 0.6 is 11.8 Å². The van der Waals surface area contributed by atoms with Crippen molar-refractivity contribution in [3.05, 3.63) is 30.3 Å². The Morgan fingerprint density at radius 3 is 2.07 bits per heavy atom. The molecule has 1 aromatic carbocycles. The first-order chi connectivity index (χ1) is 14.2. The van der Waals surface area contributed by atoms with E-state index in [-0.39, 0.29) is 12.5 Å². The van der Waals surface area contributed by atoms with Crippen molar-refractivity contribution in [1.29, 1.82) is 0 Å². The normalized spacial score (nSPS) is 25.7. The minimum Gasteiger partial charge on any atom is -0.463 e. The Balaban J connectivity index is 2.42. The third-order valence-electron chi connectivity index (χ3n) is 4.07. The van der Waals surface area contributed by atoms with E-state index in [0.717, 1.165) is 4.90 Å². The van der Waals surface area contributed by atoms with E-state index in [1.54, 1.807) is 0 Å². The lowest BCUT2D eigenvalue weighted by molar-refractivity contribution is -0.211. The molecule has 0 spiro atoms. The molecule has 1 aliphatic rings. The van der Waals surface area contributed by atoms with E-state index in [9.17, 15) is 19.2 Å². The van der Waals surface area contributed by atoms with Crippen LogP contribution in [0, 0.1) is 0 Å². The lowest BCUT2D eigenvalue weighted by Crippen LogP contribution is -2.65. The monoisotopic (exact) mass is 439 g/mol. The van der Waals surface area contributed by atoms with Crippen LogP contribution in [0.2, 0.25) is 0 Å². The summed E-state index contributed by atoms with van der Waals surface area (Å²) in [5, 5.41) is 2.74. The number of hydrogen-bond acceptors (Lipinski definition) is 9. The van der Waals surface area contributed by atoms with Crippen LogP contribution in [0.3, 0.4) is 0 Å². The molecule has 5 atom stereocenters. The average Bonchev–Trinajstić information content (AvgIpc) is 2.64.